The van der Waals surface area contributed by atoms with E-state index in [0.717, 1.165) is 34.7 Å². The van der Waals surface area contributed by atoms with E-state index in [-0.39, 0.29) is 0 Å². The Bertz CT molecular complexity index is 389. The van der Waals surface area contributed by atoms with Gasteiger partial charge in [0.25, 0.3) is 0 Å². The fourth-order valence-electron chi connectivity index (χ4n) is 2.68. The first-order chi connectivity index (χ1) is 8.61. The van der Waals surface area contributed by atoms with Crippen LogP contribution in [-0.4, -0.2) is 23.2 Å². The second kappa shape index (κ2) is 6.02. The van der Waals surface area contributed by atoms with Gasteiger partial charge in [-0.2, -0.15) is 0 Å². The van der Waals surface area contributed by atoms with Crippen LogP contribution in [0.5, 0.6) is 0 Å². The minimum Gasteiger partial charge on any atom is -0.388 e. The van der Waals surface area contributed by atoms with E-state index in [4.69, 9.17) is 0 Å². The Morgan fingerprint density at radius 3 is 2.83 bits per heavy atom. The normalized spacial score (nSPS) is 22.9. The second-order valence-electron chi connectivity index (χ2n) is 5.31. The lowest BCUT2D eigenvalue weighted by atomic mass is 9.98. The van der Waals surface area contributed by atoms with Crippen LogP contribution in [0.1, 0.15) is 56.2 Å². The molecule has 0 aromatic carbocycles. The van der Waals surface area contributed by atoms with Crippen LogP contribution in [0.4, 0.5) is 5.13 Å². The standard InChI is InChI=1S/C14H24N2OS/c1-4-12-6-5-8-16(9-7-12)14-15-10(2)13(18-14)11(3)17/h11-12,17H,4-9H2,1-3H3. The third-order valence-electron chi connectivity index (χ3n) is 3.90. The molecular weight excluding hydrogens is 244 g/mol. The van der Waals surface area contributed by atoms with Gasteiger partial charge in [0.05, 0.1) is 16.7 Å². The Kier molecular flexibility index (Phi) is 4.62. The van der Waals surface area contributed by atoms with E-state index in [2.05, 4.69) is 16.8 Å². The summed E-state index contributed by atoms with van der Waals surface area (Å²) in [5, 5.41) is 10.8. The molecule has 0 saturated carbocycles. The average Bonchev–Trinajstić information content (AvgIpc) is 2.60. The molecule has 1 aliphatic rings. The zero-order valence-electron chi connectivity index (χ0n) is 11.6. The lowest BCUT2D eigenvalue weighted by molar-refractivity contribution is 0.202. The van der Waals surface area contributed by atoms with Crippen molar-refractivity contribution in [1.82, 2.24) is 4.98 Å². The molecule has 18 heavy (non-hydrogen) atoms. The molecule has 0 amide bonds. The van der Waals surface area contributed by atoms with Crippen LogP contribution in [0.15, 0.2) is 0 Å². The first-order valence-corrected chi connectivity index (χ1v) is 7.83. The number of nitrogens with zero attached hydrogens (tertiary/aromatic N) is 2. The van der Waals surface area contributed by atoms with E-state index in [1.54, 1.807) is 11.3 Å². The van der Waals surface area contributed by atoms with E-state index >= 15 is 0 Å². The van der Waals surface area contributed by atoms with Gasteiger partial charge < -0.3 is 10.0 Å². The maximum absolute atomic E-state index is 9.70. The van der Waals surface area contributed by atoms with Gasteiger partial charge in [0, 0.05) is 13.1 Å². The fourth-order valence-corrected chi connectivity index (χ4v) is 3.74. The molecule has 1 fully saturated rings. The Hall–Kier alpha value is -0.610. The highest BCUT2D eigenvalue weighted by Crippen LogP contribution is 2.32. The lowest BCUT2D eigenvalue weighted by Gasteiger charge is -2.19. The number of rotatable bonds is 3. The molecule has 2 atom stereocenters. The van der Waals surface area contributed by atoms with Gasteiger partial charge in [-0.15, -0.1) is 0 Å². The SMILES string of the molecule is CCC1CCCN(c2nc(C)c(C(C)O)s2)CC1. The Balaban J connectivity index is 2.09. The van der Waals surface area contributed by atoms with Crippen LogP contribution >= 0.6 is 11.3 Å². The highest BCUT2D eigenvalue weighted by atomic mass is 32.1. The van der Waals surface area contributed by atoms with Crippen molar-refractivity contribution in [2.75, 3.05) is 18.0 Å². The molecule has 1 aromatic rings. The predicted octanol–water partition coefficient (Wildman–Crippen LogP) is 3.52. The summed E-state index contributed by atoms with van der Waals surface area (Å²) in [5.41, 5.74) is 0.987. The molecule has 0 aliphatic carbocycles. The quantitative estimate of drug-likeness (QED) is 0.911. The van der Waals surface area contributed by atoms with E-state index in [9.17, 15) is 5.11 Å². The van der Waals surface area contributed by atoms with Crippen molar-refractivity contribution in [1.29, 1.82) is 0 Å². The fraction of sp³-hybridized carbons (Fsp3) is 0.786. The van der Waals surface area contributed by atoms with Crippen molar-refractivity contribution in [3.63, 3.8) is 0 Å². The molecule has 2 unspecified atom stereocenters. The van der Waals surface area contributed by atoms with Gasteiger partial charge in [0.2, 0.25) is 0 Å². The monoisotopic (exact) mass is 268 g/mol. The van der Waals surface area contributed by atoms with Gasteiger partial charge in [-0.3, -0.25) is 0 Å². The summed E-state index contributed by atoms with van der Waals surface area (Å²) in [6, 6.07) is 0. The van der Waals surface area contributed by atoms with Crippen LogP contribution < -0.4 is 4.90 Å². The third-order valence-corrected chi connectivity index (χ3v) is 5.28. The van der Waals surface area contributed by atoms with Crippen LogP contribution in [0.3, 0.4) is 0 Å². The molecule has 0 radical (unpaired) electrons. The van der Waals surface area contributed by atoms with Gasteiger partial charge in [0.15, 0.2) is 5.13 Å². The van der Waals surface area contributed by atoms with Gasteiger partial charge >= 0.3 is 0 Å². The zero-order valence-corrected chi connectivity index (χ0v) is 12.5. The zero-order chi connectivity index (χ0) is 13.1. The first kappa shape index (κ1) is 13.8. The highest BCUT2D eigenvalue weighted by Gasteiger charge is 2.20. The van der Waals surface area contributed by atoms with E-state index in [0.29, 0.717) is 0 Å². The molecule has 0 spiro atoms. The number of aromatic nitrogens is 1. The maximum Gasteiger partial charge on any atom is 0.185 e. The summed E-state index contributed by atoms with van der Waals surface area (Å²) in [7, 11) is 0. The average molecular weight is 268 g/mol. The van der Waals surface area contributed by atoms with Gasteiger partial charge in [0.1, 0.15) is 0 Å². The van der Waals surface area contributed by atoms with Crippen LogP contribution in [-0.2, 0) is 0 Å². The Labute approximate surface area is 114 Å². The van der Waals surface area contributed by atoms with E-state index in [1.807, 2.05) is 13.8 Å². The number of anilines is 1. The summed E-state index contributed by atoms with van der Waals surface area (Å²) in [4.78, 5) is 8.05. The molecule has 1 N–H and O–H groups in total. The molecule has 4 heteroatoms. The topological polar surface area (TPSA) is 36.4 Å². The van der Waals surface area contributed by atoms with Gasteiger partial charge in [-0.1, -0.05) is 24.7 Å². The summed E-state index contributed by atoms with van der Waals surface area (Å²) in [5.74, 6) is 0.882. The maximum atomic E-state index is 9.70. The number of aryl methyl sites for hydroxylation is 1. The molecule has 1 aromatic heterocycles. The molecular formula is C14H24N2OS. The largest absolute Gasteiger partial charge is 0.388 e. The smallest absolute Gasteiger partial charge is 0.185 e. The number of hydrogen-bond acceptors (Lipinski definition) is 4. The molecule has 1 aliphatic heterocycles. The van der Waals surface area contributed by atoms with Crippen molar-refractivity contribution in [2.45, 2.75) is 52.6 Å². The Morgan fingerprint density at radius 1 is 1.44 bits per heavy atom. The van der Waals surface area contributed by atoms with Crippen molar-refractivity contribution in [3.8, 4) is 0 Å². The minimum absolute atomic E-state index is 0.397. The predicted molar refractivity (Wildman–Crippen MR) is 77.3 cm³/mol. The van der Waals surface area contributed by atoms with Crippen molar-refractivity contribution < 1.29 is 5.11 Å². The van der Waals surface area contributed by atoms with Gasteiger partial charge in [-0.25, -0.2) is 4.98 Å². The molecule has 0 bridgehead atoms. The molecule has 102 valence electrons. The number of thiazole rings is 1. The minimum atomic E-state index is -0.397. The molecule has 2 rings (SSSR count). The molecule has 3 nitrogen and oxygen atoms in total. The Morgan fingerprint density at radius 2 is 2.22 bits per heavy atom. The van der Waals surface area contributed by atoms with Crippen LogP contribution in [0.2, 0.25) is 0 Å². The lowest BCUT2D eigenvalue weighted by Crippen LogP contribution is -2.23. The third kappa shape index (κ3) is 3.04. The molecule has 2 heterocycles. The van der Waals surface area contributed by atoms with Crippen molar-refractivity contribution >= 4 is 16.5 Å². The van der Waals surface area contributed by atoms with Crippen molar-refractivity contribution in [3.05, 3.63) is 10.6 Å². The van der Waals surface area contributed by atoms with Gasteiger partial charge in [-0.05, 0) is 39.0 Å². The molecule has 1 saturated heterocycles. The highest BCUT2D eigenvalue weighted by molar-refractivity contribution is 7.15. The summed E-state index contributed by atoms with van der Waals surface area (Å²) in [6.07, 6.45) is 4.79. The van der Waals surface area contributed by atoms with Crippen LogP contribution in [0.25, 0.3) is 0 Å². The van der Waals surface area contributed by atoms with Crippen LogP contribution in [0, 0.1) is 12.8 Å². The summed E-state index contributed by atoms with van der Waals surface area (Å²) >= 11 is 1.66. The second-order valence-corrected chi connectivity index (χ2v) is 6.32. The number of aliphatic hydroxyl groups is 1. The first-order valence-electron chi connectivity index (χ1n) is 7.02. The van der Waals surface area contributed by atoms with Crippen molar-refractivity contribution in [2.24, 2.45) is 5.92 Å². The number of hydrogen-bond donors (Lipinski definition) is 1. The summed E-state index contributed by atoms with van der Waals surface area (Å²) < 4.78 is 0. The van der Waals surface area contributed by atoms with E-state index < -0.39 is 6.10 Å². The summed E-state index contributed by atoms with van der Waals surface area (Å²) in [6.45, 7) is 8.33. The number of aliphatic hydroxyl groups excluding tert-OH is 1. The van der Waals surface area contributed by atoms with E-state index in [1.165, 1.54) is 25.7 Å².